The van der Waals surface area contributed by atoms with Crippen molar-refractivity contribution >= 4 is 15.9 Å². The molecule has 1 aromatic rings. The van der Waals surface area contributed by atoms with Crippen LogP contribution < -0.4 is 5.32 Å². The van der Waals surface area contributed by atoms with Crippen molar-refractivity contribution in [1.29, 1.82) is 0 Å². The third kappa shape index (κ3) is 2.20. The van der Waals surface area contributed by atoms with Crippen LogP contribution in [0.15, 0.2) is 10.5 Å². The predicted molar refractivity (Wildman–Crippen MR) is 60.4 cm³/mol. The quantitative estimate of drug-likeness (QED) is 0.821. The molecule has 1 fully saturated rings. The normalized spacial score (nSPS) is 20.3. The molecule has 1 unspecified atom stereocenters. The summed E-state index contributed by atoms with van der Waals surface area (Å²) in [5.41, 5.74) is 0.0541. The summed E-state index contributed by atoms with van der Waals surface area (Å²) in [6.45, 7) is 1.69. The number of phenolic OH excluding ortho intramolecular Hbond substituents is 1. The van der Waals surface area contributed by atoms with Crippen molar-refractivity contribution in [2.75, 3.05) is 13.1 Å². The van der Waals surface area contributed by atoms with Gasteiger partial charge in [-0.05, 0) is 47.8 Å². The van der Waals surface area contributed by atoms with Crippen LogP contribution in [0.1, 0.15) is 12.0 Å². The lowest BCUT2D eigenvalue weighted by Gasteiger charge is -2.12. The SMILES string of the molecule is Oc1cc(F)c(CC2CCNC2)c(F)c1Br. The summed E-state index contributed by atoms with van der Waals surface area (Å²) < 4.78 is 27.2. The number of benzene rings is 1. The lowest BCUT2D eigenvalue weighted by Crippen LogP contribution is -2.12. The molecule has 0 radical (unpaired) electrons. The van der Waals surface area contributed by atoms with Gasteiger partial charge in [-0.3, -0.25) is 0 Å². The molecule has 1 aliphatic heterocycles. The topological polar surface area (TPSA) is 32.3 Å². The Balaban J connectivity index is 2.28. The Morgan fingerprint density at radius 2 is 2.25 bits per heavy atom. The van der Waals surface area contributed by atoms with E-state index >= 15 is 0 Å². The number of nitrogens with one attached hydrogen (secondary N) is 1. The Morgan fingerprint density at radius 3 is 2.88 bits per heavy atom. The fraction of sp³-hybridized carbons (Fsp3) is 0.455. The van der Waals surface area contributed by atoms with E-state index in [0.29, 0.717) is 6.42 Å². The van der Waals surface area contributed by atoms with Crippen LogP contribution in [0.25, 0.3) is 0 Å². The van der Waals surface area contributed by atoms with Gasteiger partial charge < -0.3 is 10.4 Å². The van der Waals surface area contributed by atoms with Crippen LogP contribution in [0.5, 0.6) is 5.75 Å². The second kappa shape index (κ2) is 4.67. The van der Waals surface area contributed by atoms with E-state index in [2.05, 4.69) is 21.2 Å². The summed E-state index contributed by atoms with van der Waals surface area (Å²) in [6.07, 6.45) is 1.29. The molecule has 0 bridgehead atoms. The largest absolute Gasteiger partial charge is 0.507 e. The van der Waals surface area contributed by atoms with Crippen molar-refractivity contribution in [2.45, 2.75) is 12.8 Å². The van der Waals surface area contributed by atoms with Gasteiger partial charge in [0.05, 0.1) is 4.47 Å². The van der Waals surface area contributed by atoms with Crippen LogP contribution in [0.3, 0.4) is 0 Å². The minimum Gasteiger partial charge on any atom is -0.507 e. The van der Waals surface area contributed by atoms with Crippen molar-refractivity contribution in [2.24, 2.45) is 5.92 Å². The van der Waals surface area contributed by atoms with Gasteiger partial charge >= 0.3 is 0 Å². The van der Waals surface area contributed by atoms with Gasteiger partial charge in [0.2, 0.25) is 0 Å². The number of hydrogen-bond donors (Lipinski definition) is 2. The Labute approximate surface area is 101 Å². The molecule has 16 heavy (non-hydrogen) atoms. The summed E-state index contributed by atoms with van der Waals surface area (Å²) in [7, 11) is 0. The van der Waals surface area contributed by atoms with Gasteiger partial charge in [0.15, 0.2) is 0 Å². The molecular weight excluding hydrogens is 280 g/mol. The molecule has 0 spiro atoms. The van der Waals surface area contributed by atoms with Crippen LogP contribution >= 0.6 is 15.9 Å². The molecule has 1 atom stereocenters. The zero-order chi connectivity index (χ0) is 11.7. The maximum Gasteiger partial charge on any atom is 0.147 e. The molecule has 0 aliphatic carbocycles. The Hall–Kier alpha value is -0.680. The highest BCUT2D eigenvalue weighted by Crippen LogP contribution is 2.32. The van der Waals surface area contributed by atoms with E-state index in [4.69, 9.17) is 0 Å². The Kier molecular flexibility index (Phi) is 3.44. The van der Waals surface area contributed by atoms with Gasteiger partial charge in [0, 0.05) is 11.6 Å². The maximum absolute atomic E-state index is 13.7. The zero-order valence-corrected chi connectivity index (χ0v) is 10.2. The van der Waals surface area contributed by atoms with Crippen molar-refractivity contribution in [1.82, 2.24) is 5.32 Å². The maximum atomic E-state index is 13.7. The monoisotopic (exact) mass is 291 g/mol. The summed E-state index contributed by atoms with van der Waals surface area (Å²) >= 11 is 2.91. The third-order valence-electron chi connectivity index (χ3n) is 2.89. The van der Waals surface area contributed by atoms with Gasteiger partial charge in [-0.2, -0.15) is 0 Å². The van der Waals surface area contributed by atoms with Crippen LogP contribution in [0, 0.1) is 17.6 Å². The molecule has 1 saturated heterocycles. The Bertz CT molecular complexity index is 405. The fourth-order valence-corrected chi connectivity index (χ4v) is 2.34. The number of hydrogen-bond acceptors (Lipinski definition) is 2. The molecule has 2 N–H and O–H groups in total. The van der Waals surface area contributed by atoms with Crippen LogP contribution in [0.4, 0.5) is 8.78 Å². The average Bonchev–Trinajstić information content (AvgIpc) is 2.74. The van der Waals surface area contributed by atoms with Crippen molar-refractivity contribution in [3.05, 3.63) is 27.7 Å². The molecular formula is C11H12BrF2NO. The van der Waals surface area contributed by atoms with E-state index in [1.807, 2.05) is 0 Å². The van der Waals surface area contributed by atoms with Crippen molar-refractivity contribution < 1.29 is 13.9 Å². The molecule has 5 heteroatoms. The van der Waals surface area contributed by atoms with Gasteiger partial charge in [-0.1, -0.05) is 0 Å². The van der Waals surface area contributed by atoms with Gasteiger partial charge in [0.25, 0.3) is 0 Å². The fourth-order valence-electron chi connectivity index (χ4n) is 1.98. The minimum absolute atomic E-state index is 0.0541. The first kappa shape index (κ1) is 11.8. The molecule has 0 saturated carbocycles. The molecule has 0 aromatic heterocycles. The average molecular weight is 292 g/mol. The summed E-state index contributed by atoms with van der Waals surface area (Å²) in [5, 5.41) is 12.4. The molecule has 88 valence electrons. The van der Waals surface area contributed by atoms with Crippen LogP contribution in [0.2, 0.25) is 0 Å². The predicted octanol–water partition coefficient (Wildman–Crippen LogP) is 2.58. The van der Waals surface area contributed by atoms with Gasteiger partial charge in [-0.15, -0.1) is 0 Å². The van der Waals surface area contributed by atoms with Gasteiger partial charge in [0.1, 0.15) is 17.4 Å². The molecule has 2 nitrogen and oxygen atoms in total. The van der Waals surface area contributed by atoms with E-state index in [9.17, 15) is 13.9 Å². The highest BCUT2D eigenvalue weighted by Gasteiger charge is 2.22. The summed E-state index contributed by atoms with van der Waals surface area (Å²) in [5.74, 6) is -1.50. The number of phenols is 1. The first-order valence-electron chi connectivity index (χ1n) is 5.15. The number of halogens is 3. The number of aromatic hydroxyl groups is 1. The highest BCUT2D eigenvalue weighted by atomic mass is 79.9. The van der Waals surface area contributed by atoms with Crippen LogP contribution in [-0.2, 0) is 6.42 Å². The Morgan fingerprint density at radius 1 is 1.50 bits per heavy atom. The lowest BCUT2D eigenvalue weighted by atomic mass is 9.98. The highest BCUT2D eigenvalue weighted by molar-refractivity contribution is 9.10. The second-order valence-corrected chi connectivity index (χ2v) is 4.84. The van der Waals surface area contributed by atoms with E-state index in [-0.39, 0.29) is 16.0 Å². The second-order valence-electron chi connectivity index (χ2n) is 4.05. The smallest absolute Gasteiger partial charge is 0.147 e. The lowest BCUT2D eigenvalue weighted by molar-refractivity contribution is 0.445. The van der Waals surface area contributed by atoms with E-state index in [0.717, 1.165) is 25.6 Å². The first-order valence-corrected chi connectivity index (χ1v) is 5.95. The minimum atomic E-state index is -0.690. The summed E-state index contributed by atoms with van der Waals surface area (Å²) in [6, 6.07) is 0.949. The molecule has 1 aromatic carbocycles. The zero-order valence-electron chi connectivity index (χ0n) is 8.56. The molecule has 2 rings (SSSR count). The van der Waals surface area contributed by atoms with Crippen molar-refractivity contribution in [3.8, 4) is 5.75 Å². The number of rotatable bonds is 2. The summed E-state index contributed by atoms with van der Waals surface area (Å²) in [4.78, 5) is 0. The van der Waals surface area contributed by atoms with E-state index in [1.54, 1.807) is 0 Å². The third-order valence-corrected chi connectivity index (χ3v) is 3.64. The van der Waals surface area contributed by atoms with Crippen LogP contribution in [-0.4, -0.2) is 18.2 Å². The molecule has 1 heterocycles. The van der Waals surface area contributed by atoms with E-state index < -0.39 is 17.4 Å². The van der Waals surface area contributed by atoms with E-state index in [1.165, 1.54) is 0 Å². The van der Waals surface area contributed by atoms with Crippen molar-refractivity contribution in [3.63, 3.8) is 0 Å². The standard InChI is InChI=1S/C11H12BrF2NO/c12-10-9(16)4-8(13)7(11(10)14)3-6-1-2-15-5-6/h4,6,15-16H,1-3,5H2. The molecule has 1 aliphatic rings. The first-order chi connectivity index (χ1) is 7.59. The molecule has 0 amide bonds. The van der Waals surface area contributed by atoms with Gasteiger partial charge in [-0.25, -0.2) is 8.78 Å².